The summed E-state index contributed by atoms with van der Waals surface area (Å²) in [7, 11) is 2.00. The van der Waals surface area contributed by atoms with E-state index in [2.05, 4.69) is 24.3 Å². The Morgan fingerprint density at radius 2 is 2.25 bits per heavy atom. The second-order valence-corrected chi connectivity index (χ2v) is 3.67. The second kappa shape index (κ2) is 2.51. The normalized spacial score (nSPS) is 15.0. The van der Waals surface area contributed by atoms with Crippen LogP contribution in [0.4, 0.5) is 5.82 Å². The molecule has 0 saturated carbocycles. The molecule has 1 aromatic rings. The van der Waals surface area contributed by atoms with Crippen LogP contribution >= 0.6 is 0 Å². The van der Waals surface area contributed by atoms with Crippen molar-refractivity contribution in [3.05, 3.63) is 11.3 Å². The molecular weight excluding hydrogens is 150 g/mol. The highest BCUT2D eigenvalue weighted by molar-refractivity contribution is 5.52. The summed E-state index contributed by atoms with van der Waals surface area (Å²) in [5.74, 6) is 1.76. The first kappa shape index (κ1) is 7.65. The molecule has 0 saturated heterocycles. The molecule has 3 nitrogen and oxygen atoms in total. The predicted molar refractivity (Wildman–Crippen MR) is 49.5 cm³/mol. The van der Waals surface area contributed by atoms with Gasteiger partial charge in [-0.05, 0) is 12.3 Å². The molecule has 0 spiro atoms. The van der Waals surface area contributed by atoms with Crippen LogP contribution in [0.5, 0.6) is 0 Å². The molecule has 0 unspecified atom stereocenters. The number of hydrogen-bond acceptors (Lipinski definition) is 2. The topological polar surface area (TPSA) is 29.9 Å². The molecule has 0 fully saturated rings. The molecule has 2 rings (SSSR count). The van der Waals surface area contributed by atoms with Gasteiger partial charge in [0.15, 0.2) is 0 Å². The van der Waals surface area contributed by atoms with Gasteiger partial charge in [-0.3, -0.25) is 4.68 Å². The van der Waals surface area contributed by atoms with Crippen LogP contribution in [0.2, 0.25) is 0 Å². The van der Waals surface area contributed by atoms with E-state index in [1.807, 2.05) is 11.7 Å². The first-order valence-corrected chi connectivity index (χ1v) is 4.49. The molecule has 1 aliphatic heterocycles. The van der Waals surface area contributed by atoms with Crippen LogP contribution < -0.4 is 5.32 Å². The highest BCUT2D eigenvalue weighted by atomic mass is 15.3. The summed E-state index contributed by atoms with van der Waals surface area (Å²) in [6, 6.07) is 0. The lowest BCUT2D eigenvalue weighted by Crippen LogP contribution is -2.02. The van der Waals surface area contributed by atoms with Gasteiger partial charge in [-0.25, -0.2) is 0 Å². The molecule has 0 radical (unpaired) electrons. The van der Waals surface area contributed by atoms with Crippen molar-refractivity contribution in [3.63, 3.8) is 0 Å². The van der Waals surface area contributed by atoms with Crippen LogP contribution in [0.15, 0.2) is 0 Å². The number of nitrogens with zero attached hydrogens (tertiary/aromatic N) is 2. The first-order chi connectivity index (χ1) is 5.70. The maximum Gasteiger partial charge on any atom is 0.127 e. The lowest BCUT2D eigenvalue weighted by Gasteiger charge is -2.00. The van der Waals surface area contributed by atoms with Gasteiger partial charge < -0.3 is 5.32 Å². The number of aromatic nitrogens is 2. The smallest absolute Gasteiger partial charge is 0.127 e. The van der Waals surface area contributed by atoms with Crippen LogP contribution in [-0.2, 0) is 13.5 Å². The van der Waals surface area contributed by atoms with Crippen LogP contribution in [0.3, 0.4) is 0 Å². The Morgan fingerprint density at radius 3 is 2.92 bits per heavy atom. The Labute approximate surface area is 72.8 Å². The number of nitrogens with one attached hydrogen (secondary N) is 1. The van der Waals surface area contributed by atoms with E-state index in [-0.39, 0.29) is 0 Å². The molecule has 2 heterocycles. The van der Waals surface area contributed by atoms with E-state index >= 15 is 0 Å². The first-order valence-electron chi connectivity index (χ1n) is 4.49. The maximum absolute atomic E-state index is 4.49. The summed E-state index contributed by atoms with van der Waals surface area (Å²) in [4.78, 5) is 0. The highest BCUT2D eigenvalue weighted by Crippen LogP contribution is 2.28. The zero-order valence-electron chi connectivity index (χ0n) is 7.89. The SMILES string of the molecule is CC(C)c1nn(C)c2c1CCN2. The molecule has 0 aliphatic carbocycles. The quantitative estimate of drug-likeness (QED) is 0.683. The summed E-state index contributed by atoms with van der Waals surface area (Å²) in [5, 5.41) is 7.83. The van der Waals surface area contributed by atoms with E-state index < -0.39 is 0 Å². The third-order valence-corrected chi connectivity index (χ3v) is 2.39. The summed E-state index contributed by atoms with van der Waals surface area (Å²) in [5.41, 5.74) is 2.69. The minimum Gasteiger partial charge on any atom is -0.370 e. The van der Waals surface area contributed by atoms with Crippen molar-refractivity contribution in [1.29, 1.82) is 0 Å². The zero-order valence-corrected chi connectivity index (χ0v) is 7.89. The largest absolute Gasteiger partial charge is 0.370 e. The minimum atomic E-state index is 0.542. The third-order valence-electron chi connectivity index (χ3n) is 2.39. The van der Waals surface area contributed by atoms with Gasteiger partial charge in [0.1, 0.15) is 5.82 Å². The van der Waals surface area contributed by atoms with Gasteiger partial charge in [0.05, 0.1) is 5.69 Å². The molecule has 0 amide bonds. The van der Waals surface area contributed by atoms with E-state index in [0.717, 1.165) is 13.0 Å². The summed E-state index contributed by atoms with van der Waals surface area (Å²) < 4.78 is 1.96. The average Bonchev–Trinajstić information content (AvgIpc) is 2.53. The van der Waals surface area contributed by atoms with Crippen LogP contribution in [-0.4, -0.2) is 16.3 Å². The van der Waals surface area contributed by atoms with Crippen molar-refractivity contribution in [3.8, 4) is 0 Å². The molecule has 0 bridgehead atoms. The number of hydrogen-bond donors (Lipinski definition) is 1. The standard InChI is InChI=1S/C9H15N3/c1-6(2)8-7-4-5-10-9(7)12(3)11-8/h6,10H,4-5H2,1-3H3. The second-order valence-electron chi connectivity index (χ2n) is 3.67. The van der Waals surface area contributed by atoms with Crippen LogP contribution in [0.25, 0.3) is 0 Å². The summed E-state index contributed by atoms with van der Waals surface area (Å²) in [6.45, 7) is 5.46. The van der Waals surface area contributed by atoms with Crippen molar-refractivity contribution in [2.24, 2.45) is 7.05 Å². The third kappa shape index (κ3) is 0.924. The zero-order chi connectivity index (χ0) is 8.72. The van der Waals surface area contributed by atoms with Gasteiger partial charge in [0.25, 0.3) is 0 Å². The van der Waals surface area contributed by atoms with Gasteiger partial charge in [0.2, 0.25) is 0 Å². The fraction of sp³-hybridized carbons (Fsp3) is 0.667. The Kier molecular flexibility index (Phi) is 1.60. The molecule has 0 aromatic carbocycles. The number of rotatable bonds is 1. The van der Waals surface area contributed by atoms with Gasteiger partial charge >= 0.3 is 0 Å². The average molecular weight is 165 g/mol. The molecule has 66 valence electrons. The molecule has 1 aromatic heterocycles. The lowest BCUT2D eigenvalue weighted by molar-refractivity contribution is 0.709. The lowest BCUT2D eigenvalue weighted by atomic mass is 10.1. The van der Waals surface area contributed by atoms with Gasteiger partial charge in [-0.2, -0.15) is 5.10 Å². The molecular formula is C9H15N3. The maximum atomic E-state index is 4.49. The summed E-state index contributed by atoms with van der Waals surface area (Å²) >= 11 is 0. The van der Waals surface area contributed by atoms with Crippen LogP contribution in [0.1, 0.15) is 31.0 Å². The summed E-state index contributed by atoms with van der Waals surface area (Å²) in [6.07, 6.45) is 1.14. The molecule has 0 atom stereocenters. The monoisotopic (exact) mass is 165 g/mol. The molecule has 1 N–H and O–H groups in total. The van der Waals surface area contributed by atoms with Crippen molar-refractivity contribution in [2.75, 3.05) is 11.9 Å². The molecule has 3 heteroatoms. The number of anilines is 1. The van der Waals surface area contributed by atoms with Gasteiger partial charge in [0, 0.05) is 19.2 Å². The Hall–Kier alpha value is -0.990. The van der Waals surface area contributed by atoms with Crippen molar-refractivity contribution in [1.82, 2.24) is 9.78 Å². The van der Waals surface area contributed by atoms with E-state index in [1.54, 1.807) is 0 Å². The molecule has 1 aliphatic rings. The van der Waals surface area contributed by atoms with Crippen molar-refractivity contribution < 1.29 is 0 Å². The number of aryl methyl sites for hydroxylation is 1. The fourth-order valence-corrected chi connectivity index (χ4v) is 1.83. The van der Waals surface area contributed by atoms with Crippen LogP contribution in [0, 0.1) is 0 Å². The Morgan fingerprint density at radius 1 is 1.50 bits per heavy atom. The van der Waals surface area contributed by atoms with E-state index in [1.165, 1.54) is 17.1 Å². The van der Waals surface area contributed by atoms with E-state index in [9.17, 15) is 0 Å². The van der Waals surface area contributed by atoms with E-state index in [4.69, 9.17) is 0 Å². The predicted octanol–water partition coefficient (Wildman–Crippen LogP) is 1.51. The van der Waals surface area contributed by atoms with Crippen molar-refractivity contribution >= 4 is 5.82 Å². The Bertz CT molecular complexity index is 299. The Balaban J connectivity index is 2.51. The minimum absolute atomic E-state index is 0.542. The highest BCUT2D eigenvalue weighted by Gasteiger charge is 2.21. The van der Waals surface area contributed by atoms with Crippen molar-refractivity contribution in [2.45, 2.75) is 26.2 Å². The van der Waals surface area contributed by atoms with Gasteiger partial charge in [-0.15, -0.1) is 0 Å². The fourth-order valence-electron chi connectivity index (χ4n) is 1.83. The molecule has 12 heavy (non-hydrogen) atoms. The number of fused-ring (bicyclic) bond motifs is 1. The van der Waals surface area contributed by atoms with E-state index in [0.29, 0.717) is 5.92 Å². The van der Waals surface area contributed by atoms with Gasteiger partial charge in [-0.1, -0.05) is 13.8 Å².